The molecular formula is C7H13NO3. The number of nitrogens with two attached hydrogens (primary N) is 1. The SMILES string of the molecule is N[C@]1(C(=O)O)CCCC[C@H]1O. The summed E-state index contributed by atoms with van der Waals surface area (Å²) in [5, 5.41) is 18.0. The average molecular weight is 159 g/mol. The fourth-order valence-electron chi connectivity index (χ4n) is 1.43. The predicted molar refractivity (Wildman–Crippen MR) is 39.0 cm³/mol. The molecule has 0 saturated heterocycles. The Morgan fingerprint density at radius 3 is 2.55 bits per heavy atom. The Labute approximate surface area is 65.0 Å². The first-order valence-electron chi connectivity index (χ1n) is 3.78. The minimum Gasteiger partial charge on any atom is -0.480 e. The first kappa shape index (κ1) is 8.49. The van der Waals surface area contributed by atoms with Gasteiger partial charge in [-0.2, -0.15) is 0 Å². The molecule has 0 aromatic heterocycles. The summed E-state index contributed by atoms with van der Waals surface area (Å²) in [7, 11) is 0. The van der Waals surface area contributed by atoms with Crippen molar-refractivity contribution in [2.45, 2.75) is 37.3 Å². The quantitative estimate of drug-likeness (QED) is 0.490. The number of carbonyl (C=O) groups is 1. The summed E-state index contributed by atoms with van der Waals surface area (Å²) in [5.74, 6) is -1.09. The fraction of sp³-hybridized carbons (Fsp3) is 0.857. The van der Waals surface area contributed by atoms with E-state index in [9.17, 15) is 9.90 Å². The Bertz CT molecular complexity index is 171. The van der Waals surface area contributed by atoms with E-state index < -0.39 is 17.6 Å². The third kappa shape index (κ3) is 1.36. The smallest absolute Gasteiger partial charge is 0.326 e. The van der Waals surface area contributed by atoms with E-state index in [1.54, 1.807) is 0 Å². The molecule has 0 radical (unpaired) electrons. The number of aliphatic hydroxyl groups excluding tert-OH is 1. The maximum atomic E-state index is 10.6. The van der Waals surface area contributed by atoms with Crippen LogP contribution in [0.25, 0.3) is 0 Å². The minimum absolute atomic E-state index is 0.378. The monoisotopic (exact) mass is 159 g/mol. The van der Waals surface area contributed by atoms with Gasteiger partial charge in [0.05, 0.1) is 6.10 Å². The van der Waals surface area contributed by atoms with Crippen molar-refractivity contribution in [2.24, 2.45) is 5.73 Å². The molecule has 11 heavy (non-hydrogen) atoms. The minimum atomic E-state index is -1.39. The van der Waals surface area contributed by atoms with Crippen LogP contribution in [0, 0.1) is 0 Å². The van der Waals surface area contributed by atoms with Crippen LogP contribution in [0.4, 0.5) is 0 Å². The van der Waals surface area contributed by atoms with Crippen LogP contribution in [-0.2, 0) is 4.79 Å². The molecule has 0 aromatic carbocycles. The Hall–Kier alpha value is -0.610. The van der Waals surface area contributed by atoms with E-state index in [4.69, 9.17) is 10.8 Å². The number of hydrogen-bond acceptors (Lipinski definition) is 3. The van der Waals surface area contributed by atoms with Gasteiger partial charge in [-0.3, -0.25) is 4.79 Å². The molecule has 1 rings (SSSR count). The van der Waals surface area contributed by atoms with Crippen LogP contribution < -0.4 is 5.73 Å². The van der Waals surface area contributed by atoms with Crippen molar-refractivity contribution in [3.8, 4) is 0 Å². The van der Waals surface area contributed by atoms with Crippen molar-refractivity contribution in [1.82, 2.24) is 0 Å². The number of rotatable bonds is 1. The van der Waals surface area contributed by atoms with Crippen LogP contribution in [0.15, 0.2) is 0 Å². The Balaban J connectivity index is 2.72. The molecular weight excluding hydrogens is 146 g/mol. The lowest BCUT2D eigenvalue weighted by Gasteiger charge is -2.33. The lowest BCUT2D eigenvalue weighted by Crippen LogP contribution is -2.58. The van der Waals surface area contributed by atoms with E-state index in [-0.39, 0.29) is 0 Å². The first-order valence-corrected chi connectivity index (χ1v) is 3.78. The van der Waals surface area contributed by atoms with E-state index in [2.05, 4.69) is 0 Å². The van der Waals surface area contributed by atoms with Crippen molar-refractivity contribution in [1.29, 1.82) is 0 Å². The summed E-state index contributed by atoms with van der Waals surface area (Å²) in [4.78, 5) is 10.6. The van der Waals surface area contributed by atoms with Gasteiger partial charge in [0.2, 0.25) is 0 Å². The molecule has 0 heterocycles. The molecule has 4 N–H and O–H groups in total. The summed E-state index contributed by atoms with van der Waals surface area (Å²) in [6.45, 7) is 0. The number of aliphatic carboxylic acids is 1. The average Bonchev–Trinajstić information content (AvgIpc) is 1.95. The molecule has 1 aliphatic carbocycles. The van der Waals surface area contributed by atoms with Gasteiger partial charge in [0.15, 0.2) is 0 Å². The van der Waals surface area contributed by atoms with Crippen molar-refractivity contribution in [3.63, 3.8) is 0 Å². The zero-order valence-corrected chi connectivity index (χ0v) is 6.29. The van der Waals surface area contributed by atoms with Gasteiger partial charge in [-0.05, 0) is 12.8 Å². The standard InChI is InChI=1S/C7H13NO3/c8-7(6(10)11)4-2-1-3-5(7)9/h5,9H,1-4,8H2,(H,10,11)/t5-,7-/m1/s1. The molecule has 1 saturated carbocycles. The molecule has 0 bridgehead atoms. The number of hydrogen-bond donors (Lipinski definition) is 3. The molecule has 0 spiro atoms. The summed E-state index contributed by atoms with van der Waals surface area (Å²) in [6.07, 6.45) is 1.66. The van der Waals surface area contributed by atoms with Crippen molar-refractivity contribution >= 4 is 5.97 Å². The van der Waals surface area contributed by atoms with E-state index in [1.807, 2.05) is 0 Å². The summed E-state index contributed by atoms with van der Waals surface area (Å²) >= 11 is 0. The van der Waals surface area contributed by atoms with Crippen molar-refractivity contribution < 1.29 is 15.0 Å². The molecule has 2 atom stereocenters. The van der Waals surface area contributed by atoms with Gasteiger partial charge in [0.1, 0.15) is 5.54 Å². The highest BCUT2D eigenvalue weighted by atomic mass is 16.4. The normalized spacial score (nSPS) is 38.5. The van der Waals surface area contributed by atoms with Gasteiger partial charge in [-0.15, -0.1) is 0 Å². The highest BCUT2D eigenvalue weighted by molar-refractivity contribution is 5.79. The molecule has 4 nitrogen and oxygen atoms in total. The van der Waals surface area contributed by atoms with Crippen LogP contribution in [0.5, 0.6) is 0 Å². The largest absolute Gasteiger partial charge is 0.480 e. The highest BCUT2D eigenvalue weighted by Gasteiger charge is 2.42. The third-order valence-corrected chi connectivity index (χ3v) is 2.31. The molecule has 0 aromatic rings. The van der Waals surface area contributed by atoms with Crippen LogP contribution in [0.2, 0.25) is 0 Å². The van der Waals surface area contributed by atoms with E-state index in [0.717, 1.165) is 12.8 Å². The molecule has 1 aliphatic rings. The van der Waals surface area contributed by atoms with Crippen LogP contribution in [0.3, 0.4) is 0 Å². The van der Waals surface area contributed by atoms with Gasteiger partial charge < -0.3 is 15.9 Å². The van der Waals surface area contributed by atoms with E-state index >= 15 is 0 Å². The number of carboxylic acids is 1. The lowest BCUT2D eigenvalue weighted by molar-refractivity contribution is -0.150. The second-order valence-electron chi connectivity index (χ2n) is 3.11. The lowest BCUT2D eigenvalue weighted by atomic mass is 9.80. The molecule has 0 amide bonds. The second-order valence-corrected chi connectivity index (χ2v) is 3.11. The van der Waals surface area contributed by atoms with Gasteiger partial charge in [-0.1, -0.05) is 12.8 Å². The maximum absolute atomic E-state index is 10.6. The molecule has 0 unspecified atom stereocenters. The topological polar surface area (TPSA) is 83.6 Å². The predicted octanol–water partition coefficient (Wildman–Crippen LogP) is -0.297. The fourth-order valence-corrected chi connectivity index (χ4v) is 1.43. The Morgan fingerprint density at radius 2 is 2.18 bits per heavy atom. The molecule has 1 fully saturated rings. The van der Waals surface area contributed by atoms with Gasteiger partial charge in [0.25, 0.3) is 0 Å². The Morgan fingerprint density at radius 1 is 1.55 bits per heavy atom. The summed E-state index contributed by atoms with van der Waals surface area (Å²) in [6, 6.07) is 0. The third-order valence-electron chi connectivity index (χ3n) is 2.31. The van der Waals surface area contributed by atoms with Crippen molar-refractivity contribution in [3.05, 3.63) is 0 Å². The van der Waals surface area contributed by atoms with E-state index in [0.29, 0.717) is 12.8 Å². The molecule has 0 aliphatic heterocycles. The van der Waals surface area contributed by atoms with Crippen LogP contribution >= 0.6 is 0 Å². The zero-order chi connectivity index (χ0) is 8.48. The summed E-state index contributed by atoms with van der Waals surface area (Å²) < 4.78 is 0. The molecule has 4 heteroatoms. The van der Waals surface area contributed by atoms with Gasteiger partial charge in [-0.25, -0.2) is 0 Å². The first-order chi connectivity index (χ1) is 5.07. The van der Waals surface area contributed by atoms with Gasteiger partial charge in [0, 0.05) is 0 Å². The van der Waals surface area contributed by atoms with Crippen LogP contribution in [0.1, 0.15) is 25.7 Å². The van der Waals surface area contributed by atoms with E-state index in [1.165, 1.54) is 0 Å². The van der Waals surface area contributed by atoms with Crippen LogP contribution in [-0.4, -0.2) is 27.8 Å². The second kappa shape index (κ2) is 2.79. The zero-order valence-electron chi connectivity index (χ0n) is 6.29. The summed E-state index contributed by atoms with van der Waals surface area (Å²) in [5.41, 5.74) is 4.11. The van der Waals surface area contributed by atoms with Gasteiger partial charge >= 0.3 is 5.97 Å². The Kier molecular flexibility index (Phi) is 2.15. The number of aliphatic hydroxyl groups is 1. The maximum Gasteiger partial charge on any atom is 0.326 e. The molecule has 64 valence electrons. The highest BCUT2D eigenvalue weighted by Crippen LogP contribution is 2.26. The van der Waals surface area contributed by atoms with Crippen molar-refractivity contribution in [2.75, 3.05) is 0 Å². The number of carboxylic acid groups (broad SMARTS) is 1.